The lowest BCUT2D eigenvalue weighted by atomic mass is 9.96. The van der Waals surface area contributed by atoms with E-state index in [0.29, 0.717) is 42.2 Å². The molecule has 4 amide bonds. The quantitative estimate of drug-likeness (QED) is 0.294. The van der Waals surface area contributed by atoms with Crippen molar-refractivity contribution >= 4 is 35.1 Å². The van der Waals surface area contributed by atoms with Gasteiger partial charge in [0.25, 0.3) is 5.91 Å². The number of nitrogens with zero attached hydrogens (tertiary/aromatic N) is 1. The minimum Gasteiger partial charge on any atom is -0.491 e. The molecule has 1 saturated heterocycles. The van der Waals surface area contributed by atoms with Crippen LogP contribution >= 0.6 is 11.6 Å². The first-order chi connectivity index (χ1) is 16.8. The molecule has 3 rings (SSSR count). The maximum absolute atomic E-state index is 13.3. The largest absolute Gasteiger partial charge is 0.491 e. The van der Waals surface area contributed by atoms with E-state index in [0.717, 1.165) is 4.90 Å². The Balaban J connectivity index is 1.80. The molecule has 184 valence electrons. The van der Waals surface area contributed by atoms with E-state index in [4.69, 9.17) is 27.5 Å². The Bertz CT molecular complexity index is 1130. The molecule has 2 N–H and O–H groups in total. The standard InChI is InChI=1S/C26H28ClN3O5/c1-5-16(3)23(24(31)28-21-12-7-17(6-2)15-20(21)27)30-25(32)22(29-26(30)33)18-8-10-19(11-9-18)35-14-13-34-4/h2,7-12,15-16,22-23H,5,13-14H2,1,3-4H3,(H,28,31)(H,29,33)/t16?,22-,23+/m1/s1. The number of benzene rings is 2. The molecular formula is C26H28ClN3O5. The van der Waals surface area contributed by atoms with Crippen molar-refractivity contribution in [3.63, 3.8) is 0 Å². The molecule has 1 aliphatic heterocycles. The average molecular weight is 498 g/mol. The van der Waals surface area contributed by atoms with Crippen LogP contribution in [0.25, 0.3) is 0 Å². The van der Waals surface area contributed by atoms with Crippen LogP contribution in [0.5, 0.6) is 5.75 Å². The Morgan fingerprint density at radius 1 is 1.23 bits per heavy atom. The van der Waals surface area contributed by atoms with Crippen LogP contribution in [0.1, 0.15) is 37.4 Å². The maximum atomic E-state index is 13.3. The second kappa shape index (κ2) is 11.7. The first kappa shape index (κ1) is 26.1. The lowest BCUT2D eigenvalue weighted by Crippen LogP contribution is -2.51. The minimum atomic E-state index is -1.03. The summed E-state index contributed by atoms with van der Waals surface area (Å²) < 4.78 is 10.5. The van der Waals surface area contributed by atoms with E-state index in [9.17, 15) is 14.4 Å². The number of halogens is 1. The fourth-order valence-electron chi connectivity index (χ4n) is 3.75. The van der Waals surface area contributed by atoms with Crippen molar-refractivity contribution in [1.82, 2.24) is 10.2 Å². The molecule has 0 radical (unpaired) electrons. The van der Waals surface area contributed by atoms with Crippen molar-refractivity contribution in [1.29, 1.82) is 0 Å². The fourth-order valence-corrected chi connectivity index (χ4v) is 3.98. The van der Waals surface area contributed by atoms with E-state index in [1.807, 2.05) is 13.8 Å². The Morgan fingerprint density at radius 3 is 2.54 bits per heavy atom. The Hall–Kier alpha value is -3.54. The summed E-state index contributed by atoms with van der Waals surface area (Å²) in [5.74, 6) is 1.77. The number of nitrogens with one attached hydrogen (secondary N) is 2. The van der Waals surface area contributed by atoms with Gasteiger partial charge in [-0.15, -0.1) is 6.42 Å². The summed E-state index contributed by atoms with van der Waals surface area (Å²) in [4.78, 5) is 40.6. The molecule has 35 heavy (non-hydrogen) atoms. The molecular weight excluding hydrogens is 470 g/mol. The predicted molar refractivity (Wildman–Crippen MR) is 133 cm³/mol. The SMILES string of the molecule is C#Cc1ccc(NC(=O)[C@H](C(C)CC)N2C(=O)N[C@H](c3ccc(OCCOC)cc3)C2=O)c(Cl)c1. The molecule has 9 heteroatoms. The van der Waals surface area contributed by atoms with Crippen LogP contribution in [0.2, 0.25) is 5.02 Å². The molecule has 8 nitrogen and oxygen atoms in total. The molecule has 2 aromatic rings. The summed E-state index contributed by atoms with van der Waals surface area (Å²) in [6, 6.07) is 9.07. The minimum absolute atomic E-state index is 0.264. The van der Waals surface area contributed by atoms with Gasteiger partial charge in [0.15, 0.2) is 0 Å². The highest BCUT2D eigenvalue weighted by Gasteiger charge is 2.46. The van der Waals surface area contributed by atoms with Crippen LogP contribution in [0.3, 0.4) is 0 Å². The van der Waals surface area contributed by atoms with E-state index >= 15 is 0 Å². The molecule has 0 saturated carbocycles. The number of carbonyl (C=O) groups is 3. The fraction of sp³-hybridized carbons (Fsp3) is 0.346. The lowest BCUT2D eigenvalue weighted by molar-refractivity contribution is -0.135. The second-order valence-corrected chi connectivity index (χ2v) is 8.57. The van der Waals surface area contributed by atoms with E-state index in [1.165, 1.54) is 0 Å². The van der Waals surface area contributed by atoms with E-state index in [1.54, 1.807) is 49.6 Å². The van der Waals surface area contributed by atoms with Crippen molar-refractivity contribution in [3.05, 3.63) is 58.6 Å². The molecule has 1 aliphatic rings. The third-order valence-electron chi connectivity index (χ3n) is 5.86. The monoisotopic (exact) mass is 497 g/mol. The summed E-state index contributed by atoms with van der Waals surface area (Å²) in [6.07, 6.45) is 5.96. The molecule has 2 aromatic carbocycles. The number of methoxy groups -OCH3 is 1. The zero-order valence-electron chi connectivity index (χ0n) is 19.8. The molecule has 0 aromatic heterocycles. The topological polar surface area (TPSA) is 97.0 Å². The smallest absolute Gasteiger partial charge is 0.325 e. The predicted octanol–water partition coefficient (Wildman–Crippen LogP) is 3.99. The Morgan fingerprint density at radius 2 is 1.94 bits per heavy atom. The van der Waals surface area contributed by atoms with Crippen molar-refractivity contribution in [2.45, 2.75) is 32.4 Å². The number of anilines is 1. The average Bonchev–Trinajstić information content (AvgIpc) is 3.14. The van der Waals surface area contributed by atoms with Gasteiger partial charge in [-0.25, -0.2) is 9.69 Å². The number of amides is 4. The van der Waals surface area contributed by atoms with Crippen molar-refractivity contribution in [2.24, 2.45) is 5.92 Å². The van der Waals surface area contributed by atoms with Crippen LogP contribution in [0.15, 0.2) is 42.5 Å². The van der Waals surface area contributed by atoms with Gasteiger partial charge in [0.1, 0.15) is 24.4 Å². The van der Waals surface area contributed by atoms with Gasteiger partial charge >= 0.3 is 6.03 Å². The Labute approximate surface area is 209 Å². The zero-order chi connectivity index (χ0) is 25.5. The molecule has 1 fully saturated rings. The maximum Gasteiger partial charge on any atom is 0.325 e. The highest BCUT2D eigenvalue weighted by Crippen LogP contribution is 2.30. The molecule has 1 unspecified atom stereocenters. The van der Waals surface area contributed by atoms with Gasteiger partial charge in [0.2, 0.25) is 5.91 Å². The number of terminal acetylenes is 1. The van der Waals surface area contributed by atoms with Gasteiger partial charge in [-0.2, -0.15) is 0 Å². The van der Waals surface area contributed by atoms with Gasteiger partial charge < -0.3 is 20.1 Å². The number of imide groups is 1. The van der Waals surface area contributed by atoms with Gasteiger partial charge in [-0.1, -0.05) is 49.9 Å². The van der Waals surface area contributed by atoms with E-state index in [-0.39, 0.29) is 10.9 Å². The van der Waals surface area contributed by atoms with Gasteiger partial charge in [-0.3, -0.25) is 9.59 Å². The van der Waals surface area contributed by atoms with Crippen LogP contribution in [0, 0.1) is 18.3 Å². The molecule has 3 atom stereocenters. The first-order valence-electron chi connectivity index (χ1n) is 11.2. The summed E-state index contributed by atoms with van der Waals surface area (Å²) in [7, 11) is 1.59. The third kappa shape index (κ3) is 5.94. The number of rotatable bonds is 10. The number of hydrogen-bond donors (Lipinski definition) is 2. The second-order valence-electron chi connectivity index (χ2n) is 8.16. The van der Waals surface area contributed by atoms with Crippen LogP contribution in [-0.4, -0.2) is 49.1 Å². The van der Waals surface area contributed by atoms with Crippen LogP contribution in [0.4, 0.5) is 10.5 Å². The molecule has 1 heterocycles. The van der Waals surface area contributed by atoms with E-state index in [2.05, 4.69) is 16.6 Å². The van der Waals surface area contributed by atoms with Crippen LogP contribution in [-0.2, 0) is 14.3 Å². The number of hydrogen-bond acceptors (Lipinski definition) is 5. The van der Waals surface area contributed by atoms with Gasteiger partial charge in [0, 0.05) is 12.7 Å². The normalized spacial score (nSPS) is 16.9. The number of carbonyl (C=O) groups excluding carboxylic acids is 3. The molecule has 0 spiro atoms. The van der Waals surface area contributed by atoms with Gasteiger partial charge in [-0.05, 0) is 41.8 Å². The summed E-state index contributed by atoms with van der Waals surface area (Å²) in [5.41, 5.74) is 1.50. The highest BCUT2D eigenvalue weighted by molar-refractivity contribution is 6.34. The van der Waals surface area contributed by atoms with Crippen molar-refractivity contribution in [3.8, 4) is 18.1 Å². The lowest BCUT2D eigenvalue weighted by Gasteiger charge is -2.29. The molecule has 0 bridgehead atoms. The summed E-state index contributed by atoms with van der Waals surface area (Å²) >= 11 is 6.26. The van der Waals surface area contributed by atoms with Crippen molar-refractivity contribution < 1.29 is 23.9 Å². The van der Waals surface area contributed by atoms with Crippen molar-refractivity contribution in [2.75, 3.05) is 25.6 Å². The van der Waals surface area contributed by atoms with Gasteiger partial charge in [0.05, 0.1) is 17.3 Å². The Kier molecular flexibility index (Phi) is 8.74. The number of urea groups is 1. The summed E-state index contributed by atoms with van der Waals surface area (Å²) in [5, 5.41) is 5.70. The summed E-state index contributed by atoms with van der Waals surface area (Å²) in [6.45, 7) is 4.54. The number of ether oxygens (including phenoxy) is 2. The molecule has 0 aliphatic carbocycles. The zero-order valence-corrected chi connectivity index (χ0v) is 20.6. The van der Waals surface area contributed by atoms with Crippen LogP contribution < -0.4 is 15.4 Å². The van der Waals surface area contributed by atoms with E-state index < -0.39 is 29.9 Å². The third-order valence-corrected chi connectivity index (χ3v) is 6.18. The first-order valence-corrected chi connectivity index (χ1v) is 11.6. The highest BCUT2D eigenvalue weighted by atomic mass is 35.5.